The molecule has 156 valence electrons. The fourth-order valence-electron chi connectivity index (χ4n) is 5.73. The number of amides is 2. The second-order valence-corrected chi connectivity index (χ2v) is 8.76. The molecule has 1 N–H and O–H groups in total. The first kappa shape index (κ1) is 19.1. The monoisotopic (exact) mass is 406 g/mol. The Labute approximate surface area is 175 Å². The lowest BCUT2D eigenvalue weighted by molar-refractivity contribution is -0.133. The van der Waals surface area contributed by atoms with Gasteiger partial charge in [0, 0.05) is 63.3 Å². The number of fused-ring (bicyclic) bond motifs is 1. The summed E-state index contributed by atoms with van der Waals surface area (Å²) in [6.45, 7) is 4.49. The van der Waals surface area contributed by atoms with E-state index in [-0.39, 0.29) is 22.6 Å². The van der Waals surface area contributed by atoms with E-state index in [0.717, 1.165) is 45.4 Å². The van der Waals surface area contributed by atoms with Crippen molar-refractivity contribution < 1.29 is 9.59 Å². The number of pyridine rings is 1. The normalized spacial score (nSPS) is 25.7. The first-order valence-electron chi connectivity index (χ1n) is 10.6. The molecule has 5 rings (SSSR count). The molecule has 0 saturated carbocycles. The summed E-state index contributed by atoms with van der Waals surface area (Å²) in [5.41, 5.74) is 1.13. The third kappa shape index (κ3) is 3.06. The van der Waals surface area contributed by atoms with Crippen LogP contribution < -0.4 is 5.32 Å². The summed E-state index contributed by atoms with van der Waals surface area (Å²) < 4.78 is 0. The van der Waals surface area contributed by atoms with E-state index in [9.17, 15) is 9.59 Å². The smallest absolute Gasteiger partial charge is 0.272 e. The van der Waals surface area contributed by atoms with Gasteiger partial charge in [-0.15, -0.1) is 0 Å². The minimum Gasteiger partial charge on any atom is -0.356 e. The fourth-order valence-corrected chi connectivity index (χ4v) is 5.73. The van der Waals surface area contributed by atoms with Crippen LogP contribution in [0.3, 0.4) is 0 Å². The van der Waals surface area contributed by atoms with E-state index in [4.69, 9.17) is 0 Å². The summed E-state index contributed by atoms with van der Waals surface area (Å²) in [5.74, 6) is 0.133. The maximum atomic E-state index is 13.1. The Morgan fingerprint density at radius 3 is 2.63 bits per heavy atom. The zero-order valence-electron chi connectivity index (χ0n) is 17.0. The van der Waals surface area contributed by atoms with Gasteiger partial charge in [-0.25, -0.2) is 9.97 Å². The molecule has 3 aliphatic heterocycles. The van der Waals surface area contributed by atoms with Crippen LogP contribution in [0.1, 0.15) is 35.3 Å². The summed E-state index contributed by atoms with van der Waals surface area (Å²) in [6, 6.07) is 5.70. The van der Waals surface area contributed by atoms with Gasteiger partial charge < -0.3 is 10.2 Å². The SMILES string of the molecule is O=C(c1ccncn1)N1CCC2(CC1)CN(Cc1cccnc1)C[C@]21CCNC1=O. The van der Waals surface area contributed by atoms with Crippen LogP contribution in [0, 0.1) is 10.8 Å². The lowest BCUT2D eigenvalue weighted by Gasteiger charge is -2.46. The molecule has 0 aromatic carbocycles. The minimum absolute atomic E-state index is 0.0533. The predicted octanol–water partition coefficient (Wildman–Crippen LogP) is 1.12. The highest BCUT2D eigenvalue weighted by atomic mass is 16.2. The molecule has 5 heterocycles. The topological polar surface area (TPSA) is 91.3 Å². The number of nitrogens with one attached hydrogen (secondary N) is 1. The molecule has 3 fully saturated rings. The Morgan fingerprint density at radius 2 is 1.97 bits per heavy atom. The Balaban J connectivity index is 1.35. The number of nitrogens with zero attached hydrogens (tertiary/aromatic N) is 5. The summed E-state index contributed by atoms with van der Waals surface area (Å²) in [6.07, 6.45) is 9.22. The van der Waals surface area contributed by atoms with Crippen LogP contribution in [0.25, 0.3) is 0 Å². The van der Waals surface area contributed by atoms with E-state index in [1.165, 1.54) is 11.9 Å². The van der Waals surface area contributed by atoms with E-state index >= 15 is 0 Å². The molecule has 0 aliphatic carbocycles. The summed E-state index contributed by atoms with van der Waals surface area (Å²) >= 11 is 0. The van der Waals surface area contributed by atoms with Crippen LogP contribution in [0.15, 0.2) is 43.1 Å². The van der Waals surface area contributed by atoms with Crippen molar-refractivity contribution >= 4 is 11.8 Å². The van der Waals surface area contributed by atoms with Crippen molar-refractivity contribution in [1.82, 2.24) is 30.1 Å². The number of likely N-dealkylation sites (tertiary alicyclic amines) is 2. The van der Waals surface area contributed by atoms with Crippen LogP contribution in [0.2, 0.25) is 0 Å². The number of rotatable bonds is 3. The third-order valence-corrected chi connectivity index (χ3v) is 7.24. The van der Waals surface area contributed by atoms with Crippen molar-refractivity contribution in [2.24, 2.45) is 10.8 Å². The average molecular weight is 406 g/mol. The van der Waals surface area contributed by atoms with Crippen molar-refractivity contribution in [1.29, 1.82) is 0 Å². The molecule has 3 saturated heterocycles. The predicted molar refractivity (Wildman–Crippen MR) is 109 cm³/mol. The molecule has 2 aromatic rings. The van der Waals surface area contributed by atoms with Gasteiger partial charge in [0.15, 0.2) is 0 Å². The molecule has 2 spiro atoms. The second-order valence-electron chi connectivity index (χ2n) is 8.76. The summed E-state index contributed by atoms with van der Waals surface area (Å²) in [7, 11) is 0. The largest absolute Gasteiger partial charge is 0.356 e. The van der Waals surface area contributed by atoms with Crippen molar-refractivity contribution in [3.8, 4) is 0 Å². The lowest BCUT2D eigenvalue weighted by atomic mass is 9.60. The van der Waals surface area contributed by atoms with Crippen molar-refractivity contribution in [3.63, 3.8) is 0 Å². The van der Waals surface area contributed by atoms with E-state index < -0.39 is 0 Å². The highest BCUT2D eigenvalue weighted by molar-refractivity contribution is 5.92. The maximum absolute atomic E-state index is 13.1. The number of piperidine rings is 1. The van der Waals surface area contributed by atoms with Crippen LogP contribution in [0.4, 0.5) is 0 Å². The highest BCUT2D eigenvalue weighted by Gasteiger charge is 2.63. The van der Waals surface area contributed by atoms with Crippen molar-refractivity contribution in [2.45, 2.75) is 25.8 Å². The van der Waals surface area contributed by atoms with Gasteiger partial charge in [-0.05, 0) is 37.0 Å². The fraction of sp³-hybridized carbons (Fsp3) is 0.500. The van der Waals surface area contributed by atoms with E-state index in [1.54, 1.807) is 18.5 Å². The van der Waals surface area contributed by atoms with Crippen molar-refractivity contribution in [3.05, 3.63) is 54.4 Å². The van der Waals surface area contributed by atoms with Crippen LogP contribution >= 0.6 is 0 Å². The van der Waals surface area contributed by atoms with Gasteiger partial charge in [-0.2, -0.15) is 0 Å². The molecule has 0 bridgehead atoms. The molecule has 2 aromatic heterocycles. The number of hydrogen-bond acceptors (Lipinski definition) is 6. The Bertz CT molecular complexity index is 929. The minimum atomic E-state index is -0.362. The van der Waals surface area contributed by atoms with Gasteiger partial charge in [0.2, 0.25) is 5.91 Å². The van der Waals surface area contributed by atoms with Gasteiger partial charge >= 0.3 is 0 Å². The van der Waals surface area contributed by atoms with Gasteiger partial charge in [0.1, 0.15) is 12.0 Å². The quantitative estimate of drug-likeness (QED) is 0.821. The molecule has 0 unspecified atom stereocenters. The van der Waals surface area contributed by atoms with Crippen LogP contribution in [-0.2, 0) is 11.3 Å². The molecule has 8 nitrogen and oxygen atoms in total. The summed E-state index contributed by atoms with van der Waals surface area (Å²) in [4.78, 5) is 42.4. The molecule has 0 radical (unpaired) electrons. The Hall–Kier alpha value is -2.87. The average Bonchev–Trinajstić information content (AvgIpc) is 3.30. The molecular weight excluding hydrogens is 380 g/mol. The van der Waals surface area contributed by atoms with Gasteiger partial charge in [0.25, 0.3) is 5.91 Å². The number of aromatic nitrogens is 3. The molecule has 3 aliphatic rings. The molecule has 8 heteroatoms. The Kier molecular flexibility index (Phi) is 4.73. The lowest BCUT2D eigenvalue weighted by Crippen LogP contribution is -2.53. The van der Waals surface area contributed by atoms with Crippen molar-refractivity contribution in [2.75, 3.05) is 32.7 Å². The van der Waals surface area contributed by atoms with Crippen LogP contribution in [-0.4, -0.2) is 69.3 Å². The third-order valence-electron chi connectivity index (χ3n) is 7.24. The van der Waals surface area contributed by atoms with Crippen LogP contribution in [0.5, 0.6) is 0 Å². The van der Waals surface area contributed by atoms with Gasteiger partial charge in [-0.3, -0.25) is 19.5 Å². The molecular formula is C22H26N6O2. The molecule has 30 heavy (non-hydrogen) atoms. The molecule has 1 atom stereocenters. The van der Waals surface area contributed by atoms with E-state index in [1.807, 2.05) is 17.2 Å². The maximum Gasteiger partial charge on any atom is 0.272 e. The van der Waals surface area contributed by atoms with Gasteiger partial charge in [0.05, 0.1) is 5.41 Å². The van der Waals surface area contributed by atoms with E-state index in [2.05, 4.69) is 31.2 Å². The van der Waals surface area contributed by atoms with Gasteiger partial charge in [-0.1, -0.05) is 6.07 Å². The number of carbonyl (C=O) groups excluding carboxylic acids is 2. The number of carbonyl (C=O) groups is 2. The zero-order valence-corrected chi connectivity index (χ0v) is 17.0. The summed E-state index contributed by atoms with van der Waals surface area (Å²) in [5, 5.41) is 3.09. The zero-order chi connectivity index (χ0) is 20.6. The Morgan fingerprint density at radius 1 is 1.10 bits per heavy atom. The van der Waals surface area contributed by atoms with E-state index in [0.29, 0.717) is 18.8 Å². The molecule has 2 amide bonds. The highest BCUT2D eigenvalue weighted by Crippen LogP contribution is 2.56. The first-order chi connectivity index (χ1) is 14.6. The first-order valence-corrected chi connectivity index (χ1v) is 10.6. The number of hydrogen-bond donors (Lipinski definition) is 1. The second kappa shape index (κ2) is 7.43. The standard InChI is InChI=1S/C22H26N6O2/c29-19(18-3-8-24-16-26-18)28-10-5-21(6-11-28)14-27(13-17-2-1-7-23-12-17)15-22(21)4-9-25-20(22)30/h1-3,7-8,12,16H,4-6,9-11,13-15H2,(H,25,30)/t22-/m0/s1.